The van der Waals surface area contributed by atoms with Gasteiger partial charge >= 0.3 is 0 Å². The number of amides is 2. The Hall–Kier alpha value is -1.70. The number of ether oxygens (including phenoxy) is 1. The number of aromatic nitrogens is 1. The van der Waals surface area contributed by atoms with E-state index in [1.807, 2.05) is 0 Å². The number of hydrogen-bond acceptors (Lipinski definition) is 5. The summed E-state index contributed by atoms with van der Waals surface area (Å²) >= 11 is 5.78. The molecule has 0 saturated carbocycles. The number of halogens is 1. The van der Waals surface area contributed by atoms with E-state index in [-0.39, 0.29) is 29.9 Å². The topological polar surface area (TPSA) is 97.6 Å². The van der Waals surface area contributed by atoms with Crippen molar-refractivity contribution in [1.82, 2.24) is 9.88 Å². The summed E-state index contributed by atoms with van der Waals surface area (Å²) in [4.78, 5) is 30.7. The molecule has 3 heterocycles. The first-order valence-corrected chi connectivity index (χ1v) is 9.01. The van der Waals surface area contributed by atoms with E-state index in [4.69, 9.17) is 22.1 Å². The number of carbonyl (C=O) groups excluding carboxylic acids is 2. The summed E-state index contributed by atoms with van der Waals surface area (Å²) in [6.07, 6.45) is 3.94. The summed E-state index contributed by atoms with van der Waals surface area (Å²) in [5.74, 6) is 0.319. The largest absolute Gasteiger partial charge is 0.364 e. The van der Waals surface area contributed by atoms with Crippen molar-refractivity contribution < 1.29 is 14.3 Å². The lowest BCUT2D eigenvalue weighted by molar-refractivity contribution is -0.145. The molecule has 136 valence electrons. The maximum Gasteiger partial charge on any atom is 0.251 e. The van der Waals surface area contributed by atoms with Gasteiger partial charge in [0, 0.05) is 31.7 Å². The second-order valence-corrected chi connectivity index (χ2v) is 6.95. The fraction of sp³-hybridized carbons (Fsp3) is 0.588. The van der Waals surface area contributed by atoms with Crippen molar-refractivity contribution >= 4 is 29.2 Å². The van der Waals surface area contributed by atoms with Gasteiger partial charge in [-0.25, -0.2) is 4.98 Å². The van der Waals surface area contributed by atoms with E-state index >= 15 is 0 Å². The maximum absolute atomic E-state index is 12.5. The third-order valence-electron chi connectivity index (χ3n) is 4.80. The molecule has 8 heteroatoms. The van der Waals surface area contributed by atoms with Gasteiger partial charge in [0.05, 0.1) is 11.1 Å². The Kier molecular flexibility index (Phi) is 5.88. The SMILES string of the molecule is NC[C@H]1CC[C@@H](C(=O)N2CCC(C(=O)Nc3ccc(Cl)cn3)CC2)O1. The molecule has 0 radical (unpaired) electrons. The lowest BCUT2D eigenvalue weighted by Crippen LogP contribution is -2.45. The van der Waals surface area contributed by atoms with Crippen LogP contribution in [0.25, 0.3) is 0 Å². The first kappa shape index (κ1) is 18.1. The zero-order valence-corrected chi connectivity index (χ0v) is 14.7. The monoisotopic (exact) mass is 366 g/mol. The molecule has 7 nitrogen and oxygen atoms in total. The predicted molar refractivity (Wildman–Crippen MR) is 94.1 cm³/mol. The van der Waals surface area contributed by atoms with Crippen LogP contribution in [0.4, 0.5) is 5.82 Å². The van der Waals surface area contributed by atoms with Gasteiger partial charge in [-0.2, -0.15) is 0 Å². The van der Waals surface area contributed by atoms with Gasteiger partial charge in [-0.15, -0.1) is 0 Å². The zero-order valence-electron chi connectivity index (χ0n) is 14.0. The van der Waals surface area contributed by atoms with Gasteiger partial charge in [0.15, 0.2) is 0 Å². The quantitative estimate of drug-likeness (QED) is 0.839. The van der Waals surface area contributed by atoms with Crippen LogP contribution in [0.15, 0.2) is 18.3 Å². The summed E-state index contributed by atoms with van der Waals surface area (Å²) in [5, 5.41) is 3.32. The van der Waals surface area contributed by atoms with Gasteiger partial charge < -0.3 is 20.7 Å². The molecule has 2 atom stereocenters. The Bertz CT molecular complexity index is 617. The number of rotatable bonds is 4. The lowest BCUT2D eigenvalue weighted by Gasteiger charge is -2.32. The summed E-state index contributed by atoms with van der Waals surface area (Å²) in [6.45, 7) is 1.58. The fourth-order valence-electron chi connectivity index (χ4n) is 3.30. The number of nitrogens with two attached hydrogens (primary N) is 1. The average molecular weight is 367 g/mol. The molecule has 0 spiro atoms. The van der Waals surface area contributed by atoms with Gasteiger partial charge in [0.25, 0.3) is 5.91 Å². The summed E-state index contributed by atoms with van der Waals surface area (Å²) in [5.41, 5.74) is 5.59. The molecule has 0 aromatic carbocycles. The Morgan fingerprint density at radius 1 is 1.28 bits per heavy atom. The van der Waals surface area contributed by atoms with E-state index in [1.54, 1.807) is 17.0 Å². The minimum Gasteiger partial charge on any atom is -0.364 e. The van der Waals surface area contributed by atoms with Gasteiger partial charge in [-0.3, -0.25) is 9.59 Å². The number of carbonyl (C=O) groups is 2. The Labute approximate surface area is 151 Å². The van der Waals surface area contributed by atoms with Crippen LogP contribution in [0, 0.1) is 5.92 Å². The normalized spacial score (nSPS) is 24.3. The van der Waals surface area contributed by atoms with Crippen molar-refractivity contribution in [2.45, 2.75) is 37.9 Å². The van der Waals surface area contributed by atoms with Crippen molar-refractivity contribution in [1.29, 1.82) is 0 Å². The minimum absolute atomic E-state index is 0.0101. The van der Waals surface area contributed by atoms with Gasteiger partial charge in [0.2, 0.25) is 5.91 Å². The van der Waals surface area contributed by atoms with E-state index in [0.717, 1.165) is 12.8 Å². The summed E-state index contributed by atoms with van der Waals surface area (Å²) in [6, 6.07) is 3.35. The maximum atomic E-state index is 12.5. The van der Waals surface area contributed by atoms with Crippen LogP contribution < -0.4 is 11.1 Å². The van der Waals surface area contributed by atoms with E-state index in [1.165, 1.54) is 6.20 Å². The number of piperidine rings is 1. The first-order chi connectivity index (χ1) is 12.1. The molecule has 2 fully saturated rings. The molecule has 2 aliphatic heterocycles. The molecule has 2 saturated heterocycles. The number of anilines is 1. The molecule has 25 heavy (non-hydrogen) atoms. The van der Waals surface area contributed by atoms with Crippen LogP contribution in [-0.4, -0.2) is 53.5 Å². The van der Waals surface area contributed by atoms with Crippen LogP contribution in [0.5, 0.6) is 0 Å². The first-order valence-electron chi connectivity index (χ1n) is 8.63. The van der Waals surface area contributed by atoms with Gasteiger partial charge in [-0.05, 0) is 37.8 Å². The average Bonchev–Trinajstić information content (AvgIpc) is 3.12. The molecule has 1 aromatic rings. The number of likely N-dealkylation sites (tertiary alicyclic amines) is 1. The smallest absolute Gasteiger partial charge is 0.251 e. The standard InChI is InChI=1S/C17H23ClN4O3/c18-12-1-4-15(20-10-12)21-16(23)11-5-7-22(8-6-11)17(24)14-3-2-13(9-19)25-14/h1,4,10-11,13-14H,2-3,5-9,19H2,(H,20,21,23)/t13-,14+/m1/s1. The minimum atomic E-state index is -0.378. The summed E-state index contributed by atoms with van der Waals surface area (Å²) in [7, 11) is 0. The highest BCUT2D eigenvalue weighted by Crippen LogP contribution is 2.24. The van der Waals surface area contributed by atoms with E-state index in [9.17, 15) is 9.59 Å². The van der Waals surface area contributed by atoms with Crippen molar-refractivity contribution in [2.75, 3.05) is 25.0 Å². The second kappa shape index (κ2) is 8.12. The fourth-order valence-corrected chi connectivity index (χ4v) is 3.42. The molecule has 2 aliphatic rings. The molecule has 0 unspecified atom stereocenters. The number of nitrogens with zero attached hydrogens (tertiary/aromatic N) is 2. The van der Waals surface area contributed by atoms with Gasteiger partial charge in [0.1, 0.15) is 11.9 Å². The van der Waals surface area contributed by atoms with Crippen molar-refractivity contribution in [3.63, 3.8) is 0 Å². The van der Waals surface area contributed by atoms with Gasteiger partial charge in [-0.1, -0.05) is 11.6 Å². The Balaban J connectivity index is 1.47. The summed E-state index contributed by atoms with van der Waals surface area (Å²) < 4.78 is 5.67. The third kappa shape index (κ3) is 4.48. The highest BCUT2D eigenvalue weighted by Gasteiger charge is 2.35. The third-order valence-corrected chi connectivity index (χ3v) is 5.03. The van der Waals surface area contributed by atoms with Crippen LogP contribution in [0.2, 0.25) is 5.02 Å². The Morgan fingerprint density at radius 3 is 2.64 bits per heavy atom. The second-order valence-electron chi connectivity index (χ2n) is 6.51. The van der Waals surface area contributed by atoms with Crippen LogP contribution in [0.3, 0.4) is 0 Å². The van der Waals surface area contributed by atoms with Crippen LogP contribution in [0.1, 0.15) is 25.7 Å². The lowest BCUT2D eigenvalue weighted by atomic mass is 9.95. The molecular weight excluding hydrogens is 344 g/mol. The molecule has 0 aliphatic carbocycles. The molecule has 2 amide bonds. The van der Waals surface area contributed by atoms with E-state index in [0.29, 0.717) is 43.3 Å². The van der Waals surface area contributed by atoms with E-state index < -0.39 is 0 Å². The molecule has 3 rings (SSSR count). The van der Waals surface area contributed by atoms with Crippen molar-refractivity contribution in [2.24, 2.45) is 11.7 Å². The number of nitrogens with one attached hydrogen (secondary N) is 1. The highest BCUT2D eigenvalue weighted by atomic mass is 35.5. The van der Waals surface area contributed by atoms with E-state index in [2.05, 4.69) is 10.3 Å². The zero-order chi connectivity index (χ0) is 17.8. The number of hydrogen-bond donors (Lipinski definition) is 2. The molecule has 1 aromatic heterocycles. The van der Waals surface area contributed by atoms with Crippen molar-refractivity contribution in [3.8, 4) is 0 Å². The highest BCUT2D eigenvalue weighted by molar-refractivity contribution is 6.30. The predicted octanol–water partition coefficient (Wildman–Crippen LogP) is 1.42. The van der Waals surface area contributed by atoms with Crippen molar-refractivity contribution in [3.05, 3.63) is 23.4 Å². The molecule has 3 N–H and O–H groups in total. The Morgan fingerprint density at radius 2 is 2.04 bits per heavy atom. The number of pyridine rings is 1. The molecular formula is C17H23ClN4O3. The molecule has 0 bridgehead atoms. The van der Waals surface area contributed by atoms with Crippen LogP contribution >= 0.6 is 11.6 Å². The van der Waals surface area contributed by atoms with Crippen LogP contribution in [-0.2, 0) is 14.3 Å².